The Morgan fingerprint density at radius 2 is 1.95 bits per heavy atom. The highest BCUT2D eigenvalue weighted by Gasteiger charge is 2.36. The SMILES string of the molecule is C=C(F)C(=O)N1CCN(c2nc(OC[C@@H]3CCCN3C(C)C)nc3c2CC[C@H](N2CCCc4ccccc42)C3)C[C@@H]1CC#N. The molecule has 0 spiro atoms. The Balaban J connectivity index is 1.29. The van der Waals surface area contributed by atoms with E-state index in [1.165, 1.54) is 16.2 Å². The number of piperazine rings is 1. The van der Waals surface area contributed by atoms with Crippen molar-refractivity contribution < 1.29 is 13.9 Å². The summed E-state index contributed by atoms with van der Waals surface area (Å²) in [5.74, 6) is -0.914. The molecule has 2 saturated heterocycles. The van der Waals surface area contributed by atoms with Gasteiger partial charge in [-0.1, -0.05) is 24.8 Å². The van der Waals surface area contributed by atoms with Crippen LogP contribution in [0.4, 0.5) is 15.9 Å². The number of anilines is 2. The molecule has 2 aromatic rings. The van der Waals surface area contributed by atoms with Crippen LogP contribution < -0.4 is 14.5 Å². The number of halogens is 1. The number of likely N-dealkylation sites (tertiary alicyclic amines) is 1. The fraction of sp³-hybridized carbons (Fsp3) is 0.588. The molecule has 0 N–H and O–H groups in total. The lowest BCUT2D eigenvalue weighted by molar-refractivity contribution is -0.131. The van der Waals surface area contributed by atoms with Crippen LogP contribution in [0.2, 0.25) is 0 Å². The molecular formula is C34H44FN7O2. The summed E-state index contributed by atoms with van der Waals surface area (Å²) in [6.07, 6.45) is 7.25. The zero-order valence-electron chi connectivity index (χ0n) is 26.1. The number of benzene rings is 1. The molecule has 0 bridgehead atoms. The van der Waals surface area contributed by atoms with Crippen LogP contribution in [0, 0.1) is 11.3 Å². The largest absolute Gasteiger partial charge is 0.462 e. The number of para-hydroxylation sites is 1. The number of nitrogens with zero attached hydrogens (tertiary/aromatic N) is 7. The molecule has 1 aliphatic carbocycles. The van der Waals surface area contributed by atoms with E-state index in [0.717, 1.165) is 75.1 Å². The van der Waals surface area contributed by atoms with E-state index in [2.05, 4.69) is 65.5 Å². The number of carbonyl (C=O) groups excluding carboxylic acids is 1. The van der Waals surface area contributed by atoms with Gasteiger partial charge in [0, 0.05) is 62.0 Å². The lowest BCUT2D eigenvalue weighted by Gasteiger charge is -2.43. The molecule has 0 unspecified atom stereocenters. The first-order valence-electron chi connectivity index (χ1n) is 16.2. The molecule has 3 atom stereocenters. The van der Waals surface area contributed by atoms with Crippen molar-refractivity contribution in [2.24, 2.45) is 0 Å². The highest BCUT2D eigenvalue weighted by atomic mass is 19.1. The van der Waals surface area contributed by atoms with Crippen molar-refractivity contribution in [3.05, 3.63) is 53.5 Å². The number of aryl methyl sites for hydroxylation is 1. The van der Waals surface area contributed by atoms with E-state index in [1.807, 2.05) is 0 Å². The smallest absolute Gasteiger partial charge is 0.318 e. The average molecular weight is 602 g/mol. The van der Waals surface area contributed by atoms with Crippen LogP contribution in [0.25, 0.3) is 0 Å². The maximum atomic E-state index is 13.8. The molecule has 3 aliphatic heterocycles. The summed E-state index contributed by atoms with van der Waals surface area (Å²) in [5.41, 5.74) is 4.88. The Labute approximate surface area is 260 Å². The predicted molar refractivity (Wildman–Crippen MR) is 169 cm³/mol. The van der Waals surface area contributed by atoms with E-state index < -0.39 is 17.8 Å². The molecule has 1 aromatic carbocycles. The molecule has 6 rings (SSSR count). The molecule has 1 aromatic heterocycles. The summed E-state index contributed by atoms with van der Waals surface area (Å²) in [6, 6.07) is 12.0. The highest BCUT2D eigenvalue weighted by Crippen LogP contribution is 2.37. The molecule has 0 saturated carbocycles. The first-order valence-corrected chi connectivity index (χ1v) is 16.2. The standard InChI is InChI=1S/C34H44FN7O2/c1-23(2)40-16-7-10-28(40)22-44-34-37-30-20-26(41-17-6-9-25-8-4-5-11-31(25)41)12-13-29(30)32(38-34)39-18-19-42(33(43)24(3)35)27(21-39)14-15-36/h4-5,8,11,23,26-28H,3,6-7,9-10,12-14,16-22H2,1-2H3/t26-,27-,28-/m0/s1. The van der Waals surface area contributed by atoms with Crippen LogP contribution in [0.3, 0.4) is 0 Å². The average Bonchev–Trinajstić information content (AvgIpc) is 3.52. The van der Waals surface area contributed by atoms with Crippen LogP contribution in [0.15, 0.2) is 36.7 Å². The third kappa shape index (κ3) is 6.12. The van der Waals surface area contributed by atoms with Gasteiger partial charge < -0.3 is 19.4 Å². The Morgan fingerprint density at radius 1 is 1.11 bits per heavy atom. The number of ether oxygens (including phenoxy) is 1. The van der Waals surface area contributed by atoms with Crippen molar-refractivity contribution in [1.82, 2.24) is 19.8 Å². The summed E-state index contributed by atoms with van der Waals surface area (Å²) < 4.78 is 20.2. The lowest BCUT2D eigenvalue weighted by atomic mass is 9.88. The van der Waals surface area contributed by atoms with E-state index in [0.29, 0.717) is 50.4 Å². The maximum absolute atomic E-state index is 13.8. The lowest BCUT2D eigenvalue weighted by Crippen LogP contribution is -2.55. The number of rotatable bonds is 8. The van der Waals surface area contributed by atoms with Crippen LogP contribution >= 0.6 is 0 Å². The van der Waals surface area contributed by atoms with Crippen molar-refractivity contribution >= 4 is 17.4 Å². The van der Waals surface area contributed by atoms with Crippen molar-refractivity contribution in [1.29, 1.82) is 5.26 Å². The van der Waals surface area contributed by atoms with Gasteiger partial charge in [0.25, 0.3) is 5.91 Å². The minimum atomic E-state index is -0.996. The van der Waals surface area contributed by atoms with E-state index >= 15 is 0 Å². The van der Waals surface area contributed by atoms with Gasteiger partial charge in [0.05, 0.1) is 24.2 Å². The first kappa shape index (κ1) is 30.3. The zero-order chi connectivity index (χ0) is 30.8. The molecule has 1 amide bonds. The molecule has 44 heavy (non-hydrogen) atoms. The van der Waals surface area contributed by atoms with Crippen LogP contribution in [0.1, 0.15) is 62.8 Å². The van der Waals surface area contributed by atoms with Crippen molar-refractivity contribution in [3.8, 4) is 12.1 Å². The van der Waals surface area contributed by atoms with Crippen LogP contribution in [-0.4, -0.2) is 89.2 Å². The van der Waals surface area contributed by atoms with Crippen LogP contribution in [0.5, 0.6) is 6.01 Å². The number of hydrogen-bond donors (Lipinski definition) is 0. The Bertz CT molecular complexity index is 1420. The number of hydrogen-bond acceptors (Lipinski definition) is 8. The first-order chi connectivity index (χ1) is 21.3. The van der Waals surface area contributed by atoms with Gasteiger partial charge in [0.15, 0.2) is 5.83 Å². The van der Waals surface area contributed by atoms with E-state index in [-0.39, 0.29) is 6.42 Å². The van der Waals surface area contributed by atoms with Gasteiger partial charge in [-0.25, -0.2) is 4.39 Å². The molecule has 0 radical (unpaired) electrons. The second kappa shape index (κ2) is 13.1. The quantitative estimate of drug-likeness (QED) is 0.410. The number of carbonyl (C=O) groups is 1. The summed E-state index contributed by atoms with van der Waals surface area (Å²) >= 11 is 0. The van der Waals surface area contributed by atoms with Crippen molar-refractivity contribution in [2.45, 2.75) is 89.4 Å². The summed E-state index contributed by atoms with van der Waals surface area (Å²) in [7, 11) is 0. The molecule has 10 heteroatoms. The maximum Gasteiger partial charge on any atom is 0.318 e. The summed E-state index contributed by atoms with van der Waals surface area (Å²) in [4.78, 5) is 31.2. The molecule has 4 aliphatic rings. The van der Waals surface area contributed by atoms with E-state index in [1.54, 1.807) is 0 Å². The fourth-order valence-electron chi connectivity index (χ4n) is 7.73. The molecule has 2 fully saturated rings. The van der Waals surface area contributed by atoms with Gasteiger partial charge in [0.1, 0.15) is 12.4 Å². The van der Waals surface area contributed by atoms with Gasteiger partial charge >= 0.3 is 6.01 Å². The third-order valence-corrected chi connectivity index (χ3v) is 9.89. The second-order valence-electron chi connectivity index (χ2n) is 12.9. The predicted octanol–water partition coefficient (Wildman–Crippen LogP) is 4.45. The Hall–Kier alpha value is -3.71. The number of amides is 1. The Morgan fingerprint density at radius 3 is 2.75 bits per heavy atom. The van der Waals surface area contributed by atoms with Gasteiger partial charge in [-0.15, -0.1) is 0 Å². The minimum absolute atomic E-state index is 0.106. The minimum Gasteiger partial charge on any atom is -0.462 e. The number of fused-ring (bicyclic) bond motifs is 2. The molecular weight excluding hydrogens is 557 g/mol. The Kier molecular flexibility index (Phi) is 9.03. The van der Waals surface area contributed by atoms with Gasteiger partial charge in [-0.3, -0.25) is 9.69 Å². The number of nitriles is 1. The monoisotopic (exact) mass is 601 g/mol. The third-order valence-electron chi connectivity index (χ3n) is 9.89. The van der Waals surface area contributed by atoms with Gasteiger partial charge in [0.2, 0.25) is 0 Å². The van der Waals surface area contributed by atoms with E-state index in [9.17, 15) is 14.4 Å². The number of aromatic nitrogens is 2. The second-order valence-corrected chi connectivity index (χ2v) is 12.9. The normalized spacial score (nSPS) is 23.7. The van der Waals surface area contributed by atoms with Crippen molar-refractivity contribution in [3.63, 3.8) is 0 Å². The molecule has 4 heterocycles. The van der Waals surface area contributed by atoms with E-state index in [4.69, 9.17) is 14.7 Å². The highest BCUT2D eigenvalue weighted by molar-refractivity contribution is 5.91. The summed E-state index contributed by atoms with van der Waals surface area (Å²) in [6.45, 7) is 11.5. The zero-order valence-corrected chi connectivity index (χ0v) is 26.1. The molecule has 234 valence electrons. The van der Waals surface area contributed by atoms with Gasteiger partial charge in [-0.05, 0) is 70.5 Å². The topological polar surface area (TPSA) is 88.8 Å². The fourth-order valence-corrected chi connectivity index (χ4v) is 7.73. The van der Waals surface area contributed by atoms with Crippen molar-refractivity contribution in [2.75, 3.05) is 49.1 Å². The summed E-state index contributed by atoms with van der Waals surface area (Å²) in [5, 5.41) is 9.53. The van der Waals surface area contributed by atoms with Gasteiger partial charge in [-0.2, -0.15) is 15.2 Å². The molecule has 9 nitrogen and oxygen atoms in total. The van der Waals surface area contributed by atoms with Crippen LogP contribution in [-0.2, 0) is 24.1 Å².